The van der Waals surface area contributed by atoms with Gasteiger partial charge in [-0.15, -0.1) is 0 Å². The number of rotatable bonds is 4. The number of hydrogen-bond donors (Lipinski definition) is 0. The molecule has 5 aromatic heterocycles. The number of aromatic nitrogens is 5. The molecule has 7 nitrogen and oxygen atoms in total. The quantitative estimate of drug-likeness (QED) is 0.176. The van der Waals surface area contributed by atoms with Crippen LogP contribution in [0.1, 0.15) is 0 Å². The zero-order valence-electron chi connectivity index (χ0n) is 35.1. The highest BCUT2D eigenvalue weighted by Crippen LogP contribution is 2.44. The Balaban J connectivity index is 1.10. The summed E-state index contributed by atoms with van der Waals surface area (Å²) in [5.74, 6) is 1.52. The predicted octanol–water partition coefficient (Wildman–Crippen LogP) is 15.5. The molecule has 0 saturated carbocycles. The lowest BCUT2D eigenvalue weighted by atomic mass is 10.0. The molecule has 0 spiro atoms. The van der Waals surface area contributed by atoms with Crippen LogP contribution < -0.4 is 0 Å². The van der Waals surface area contributed by atoms with Crippen LogP contribution in [0, 0.1) is 0 Å². The van der Waals surface area contributed by atoms with Gasteiger partial charge in [-0.05, 0) is 76.8 Å². The molecule has 0 aliphatic heterocycles. The van der Waals surface area contributed by atoms with Crippen molar-refractivity contribution in [1.29, 1.82) is 0 Å². The fourth-order valence-corrected chi connectivity index (χ4v) is 10.6. The van der Waals surface area contributed by atoms with Crippen LogP contribution in [0.3, 0.4) is 0 Å². The van der Waals surface area contributed by atoms with E-state index in [0.717, 1.165) is 98.7 Å². The molecular formula is C59H33N5O2. The second-order valence-electron chi connectivity index (χ2n) is 17.1. The predicted molar refractivity (Wildman–Crippen MR) is 269 cm³/mol. The van der Waals surface area contributed by atoms with Gasteiger partial charge in [-0.3, -0.25) is 4.57 Å². The molecule has 0 atom stereocenters. The van der Waals surface area contributed by atoms with E-state index in [1.165, 1.54) is 21.5 Å². The Morgan fingerprint density at radius 3 is 1.67 bits per heavy atom. The van der Waals surface area contributed by atoms with Gasteiger partial charge >= 0.3 is 0 Å². The Bertz CT molecular complexity index is 4500. The van der Waals surface area contributed by atoms with Gasteiger partial charge in [-0.1, -0.05) is 140 Å². The summed E-state index contributed by atoms with van der Waals surface area (Å²) in [6.45, 7) is 0. The second kappa shape index (κ2) is 13.2. The minimum absolute atomic E-state index is 0.489. The Labute approximate surface area is 375 Å². The van der Waals surface area contributed by atoms with Crippen LogP contribution in [0.5, 0.6) is 0 Å². The molecule has 0 amide bonds. The number of fused-ring (bicyclic) bond motifs is 15. The molecule has 7 heteroatoms. The highest BCUT2D eigenvalue weighted by atomic mass is 16.3. The molecular weight excluding hydrogens is 811 g/mol. The van der Waals surface area contributed by atoms with Gasteiger partial charge in [0.15, 0.2) is 11.6 Å². The molecule has 0 radical (unpaired) electrons. The third-order valence-electron chi connectivity index (χ3n) is 13.5. The maximum absolute atomic E-state index is 7.16. The van der Waals surface area contributed by atoms with Gasteiger partial charge in [-0.2, -0.15) is 9.97 Å². The first-order valence-corrected chi connectivity index (χ1v) is 22.2. The number of para-hydroxylation sites is 4. The summed E-state index contributed by atoms with van der Waals surface area (Å²) in [6, 6.07) is 70.3. The third kappa shape index (κ3) is 4.93. The largest absolute Gasteiger partial charge is 0.456 e. The molecule has 0 N–H and O–H groups in total. The van der Waals surface area contributed by atoms with Gasteiger partial charge in [0, 0.05) is 59.7 Å². The van der Waals surface area contributed by atoms with Crippen LogP contribution in [0.25, 0.3) is 143 Å². The first-order valence-electron chi connectivity index (χ1n) is 22.2. The van der Waals surface area contributed by atoms with Crippen LogP contribution >= 0.6 is 0 Å². The van der Waals surface area contributed by atoms with Crippen molar-refractivity contribution in [3.63, 3.8) is 0 Å². The third-order valence-corrected chi connectivity index (χ3v) is 13.5. The summed E-state index contributed by atoms with van der Waals surface area (Å²) in [5.41, 5.74) is 9.88. The highest BCUT2D eigenvalue weighted by Gasteiger charge is 2.25. The molecule has 0 saturated heterocycles. The van der Waals surface area contributed by atoms with Crippen molar-refractivity contribution < 1.29 is 8.83 Å². The summed E-state index contributed by atoms with van der Waals surface area (Å²) in [6.07, 6.45) is 0. The number of hydrogen-bond acceptors (Lipinski definition) is 5. The van der Waals surface area contributed by atoms with Crippen molar-refractivity contribution in [1.82, 2.24) is 24.1 Å². The fourth-order valence-electron chi connectivity index (χ4n) is 10.6. The lowest BCUT2D eigenvalue weighted by Crippen LogP contribution is -2.07. The lowest BCUT2D eigenvalue weighted by molar-refractivity contribution is 0.669. The zero-order chi connectivity index (χ0) is 43.0. The maximum atomic E-state index is 7.16. The average Bonchev–Trinajstić information content (AvgIpc) is 4.13. The first-order chi connectivity index (χ1) is 32.7. The highest BCUT2D eigenvalue weighted by molar-refractivity contribution is 6.19. The SMILES string of the molecule is c1ccc2cc3c(cc2c1)c1ccccc1n3-c1cc(-c2nc(-c3cccc4oc5ccccc5c34)nc(-n3c4ccccc4c4ccccc43)n2)c2oc3c4ccccc4ccc3c2c1. The van der Waals surface area contributed by atoms with Gasteiger partial charge in [0.05, 0.1) is 27.6 Å². The summed E-state index contributed by atoms with van der Waals surface area (Å²) < 4.78 is 18.1. The molecule has 0 bridgehead atoms. The van der Waals surface area contributed by atoms with E-state index in [4.69, 9.17) is 23.8 Å². The monoisotopic (exact) mass is 843 g/mol. The van der Waals surface area contributed by atoms with Crippen LogP contribution in [0.15, 0.2) is 209 Å². The fraction of sp³-hybridized carbons (Fsp3) is 0. The van der Waals surface area contributed by atoms with Crippen LogP contribution in [0.2, 0.25) is 0 Å². The second-order valence-corrected chi connectivity index (χ2v) is 17.1. The van der Waals surface area contributed by atoms with E-state index in [1.807, 2.05) is 30.3 Å². The Morgan fingerprint density at radius 2 is 0.909 bits per heavy atom. The number of furan rings is 2. The van der Waals surface area contributed by atoms with Crippen molar-refractivity contribution in [2.24, 2.45) is 0 Å². The average molecular weight is 844 g/mol. The minimum Gasteiger partial charge on any atom is -0.456 e. The molecule has 15 rings (SSSR count). The van der Waals surface area contributed by atoms with E-state index in [2.05, 4.69) is 179 Å². The smallest absolute Gasteiger partial charge is 0.238 e. The first kappa shape index (κ1) is 35.4. The molecule has 0 fully saturated rings. The number of nitrogens with zero attached hydrogens (tertiary/aromatic N) is 5. The van der Waals surface area contributed by atoms with Crippen LogP contribution in [0.4, 0.5) is 0 Å². The summed E-state index contributed by atoms with van der Waals surface area (Å²) in [4.78, 5) is 16.4. The minimum atomic E-state index is 0.489. The molecule has 15 aromatic rings. The molecule has 306 valence electrons. The van der Waals surface area contributed by atoms with Crippen molar-refractivity contribution >= 4 is 109 Å². The summed E-state index contributed by atoms with van der Waals surface area (Å²) in [5, 5.41) is 13.1. The molecule has 0 aliphatic rings. The van der Waals surface area contributed by atoms with Gasteiger partial charge in [-0.25, -0.2) is 4.98 Å². The Morgan fingerprint density at radius 1 is 0.318 bits per heavy atom. The van der Waals surface area contributed by atoms with Crippen molar-refractivity contribution in [3.8, 4) is 34.4 Å². The van der Waals surface area contributed by atoms with E-state index in [-0.39, 0.29) is 0 Å². The van der Waals surface area contributed by atoms with Crippen LogP contribution in [-0.4, -0.2) is 24.1 Å². The Hall–Kier alpha value is -9.07. The van der Waals surface area contributed by atoms with Crippen molar-refractivity contribution in [2.45, 2.75) is 0 Å². The van der Waals surface area contributed by atoms with Gasteiger partial charge in [0.1, 0.15) is 22.3 Å². The molecule has 0 unspecified atom stereocenters. The van der Waals surface area contributed by atoms with Crippen molar-refractivity contribution in [2.75, 3.05) is 0 Å². The lowest BCUT2D eigenvalue weighted by Gasteiger charge is -2.14. The molecule has 66 heavy (non-hydrogen) atoms. The van der Waals surface area contributed by atoms with E-state index in [9.17, 15) is 0 Å². The maximum Gasteiger partial charge on any atom is 0.238 e. The van der Waals surface area contributed by atoms with Gasteiger partial charge in [0.25, 0.3) is 0 Å². The van der Waals surface area contributed by atoms with E-state index in [1.54, 1.807) is 0 Å². The van der Waals surface area contributed by atoms with E-state index in [0.29, 0.717) is 23.2 Å². The molecule has 5 heterocycles. The standard InChI is InChI=1S/C59H33N5O2/c1-2-16-36-31-51-45(30-35(36)15-1)41-20-7-9-23-48(41)63(51)37-32-46-42-29-28-34-14-3-4-17-38(34)55(42)66-56(46)47(33-37)58-60-57(44-22-13-27-53-54(44)43-21-8-12-26-52(43)65-53)61-59(62-58)64-49-24-10-5-18-39(49)40-19-6-11-25-50(40)64/h1-33H. The summed E-state index contributed by atoms with van der Waals surface area (Å²) in [7, 11) is 0. The molecule has 10 aromatic carbocycles. The summed E-state index contributed by atoms with van der Waals surface area (Å²) >= 11 is 0. The molecule has 0 aliphatic carbocycles. The van der Waals surface area contributed by atoms with E-state index < -0.39 is 0 Å². The number of benzene rings is 10. The van der Waals surface area contributed by atoms with Gasteiger partial charge in [0.2, 0.25) is 5.95 Å². The zero-order valence-corrected chi connectivity index (χ0v) is 35.1. The van der Waals surface area contributed by atoms with E-state index >= 15 is 0 Å². The van der Waals surface area contributed by atoms with Crippen LogP contribution in [-0.2, 0) is 0 Å². The van der Waals surface area contributed by atoms with Crippen molar-refractivity contribution in [3.05, 3.63) is 200 Å². The topological polar surface area (TPSA) is 74.8 Å². The normalized spacial score (nSPS) is 12.2. The van der Waals surface area contributed by atoms with Gasteiger partial charge < -0.3 is 13.4 Å². The Kier molecular flexibility index (Phi) is 7.10.